The first-order valence-electron chi connectivity index (χ1n) is 6.36. The van der Waals surface area contributed by atoms with Crippen LogP contribution in [0.5, 0.6) is 6.01 Å². The number of aliphatic hydroxyl groups is 1. The Balaban J connectivity index is 2.05. The van der Waals surface area contributed by atoms with Crippen molar-refractivity contribution >= 4 is 11.9 Å². The van der Waals surface area contributed by atoms with Crippen LogP contribution in [-0.4, -0.2) is 38.3 Å². The zero-order chi connectivity index (χ0) is 13.9. The van der Waals surface area contributed by atoms with Crippen molar-refractivity contribution in [3.63, 3.8) is 0 Å². The molecular weight excluding hydrogens is 248 g/mol. The fourth-order valence-corrected chi connectivity index (χ4v) is 1.77. The van der Waals surface area contributed by atoms with Crippen LogP contribution in [0.3, 0.4) is 0 Å². The molecule has 0 unspecified atom stereocenters. The highest BCUT2D eigenvalue weighted by Crippen LogP contribution is 2.31. The van der Waals surface area contributed by atoms with Crippen molar-refractivity contribution in [3.05, 3.63) is 0 Å². The summed E-state index contributed by atoms with van der Waals surface area (Å²) >= 11 is 0. The van der Waals surface area contributed by atoms with Gasteiger partial charge in [-0.2, -0.15) is 15.0 Å². The van der Waals surface area contributed by atoms with Crippen molar-refractivity contribution in [1.29, 1.82) is 0 Å². The van der Waals surface area contributed by atoms with E-state index in [4.69, 9.17) is 10.6 Å². The minimum Gasteiger partial charge on any atom is -0.461 e. The normalized spacial score (nSPS) is 16.9. The van der Waals surface area contributed by atoms with Crippen molar-refractivity contribution in [1.82, 2.24) is 15.0 Å². The van der Waals surface area contributed by atoms with E-state index in [0.29, 0.717) is 12.5 Å². The second kappa shape index (κ2) is 5.54. The number of aromatic nitrogens is 3. The number of ether oxygens (including phenoxy) is 1. The number of hydrazine groups is 1. The van der Waals surface area contributed by atoms with Crippen LogP contribution in [-0.2, 0) is 0 Å². The molecule has 1 aromatic heterocycles. The maximum atomic E-state index is 10.0. The minimum absolute atomic E-state index is 0.0447. The summed E-state index contributed by atoms with van der Waals surface area (Å²) in [7, 11) is 0. The van der Waals surface area contributed by atoms with Crippen LogP contribution in [0, 0.1) is 0 Å². The number of nitrogen functional groups attached to an aromatic ring is 1. The van der Waals surface area contributed by atoms with Crippen LogP contribution in [0.1, 0.15) is 33.1 Å². The molecule has 106 valence electrons. The molecule has 1 aromatic rings. The Bertz CT molecular complexity index is 435. The molecule has 5 N–H and O–H groups in total. The van der Waals surface area contributed by atoms with E-state index in [1.165, 1.54) is 0 Å². The van der Waals surface area contributed by atoms with Gasteiger partial charge < -0.3 is 15.2 Å². The van der Waals surface area contributed by atoms with Crippen LogP contribution < -0.4 is 21.3 Å². The standard InChI is InChI=1S/C11H20N6O2/c1-7(2)19-10-15-8(14-9(16-10)17-12)13-6-11(18)4-3-5-11/h7,18H,3-6,12H2,1-2H3,(H2,13,14,15,16,17). The van der Waals surface area contributed by atoms with E-state index in [2.05, 4.69) is 25.7 Å². The van der Waals surface area contributed by atoms with Crippen LogP contribution >= 0.6 is 0 Å². The number of anilines is 2. The molecule has 0 radical (unpaired) electrons. The molecule has 0 aliphatic heterocycles. The Morgan fingerprint density at radius 2 is 2.00 bits per heavy atom. The molecule has 1 heterocycles. The second-order valence-electron chi connectivity index (χ2n) is 5.01. The first-order chi connectivity index (χ1) is 9.00. The summed E-state index contributed by atoms with van der Waals surface area (Å²) in [6.07, 6.45) is 2.59. The van der Waals surface area contributed by atoms with E-state index in [1.54, 1.807) is 0 Å². The lowest BCUT2D eigenvalue weighted by Crippen LogP contribution is -2.43. The van der Waals surface area contributed by atoms with Gasteiger partial charge in [-0.3, -0.25) is 5.43 Å². The van der Waals surface area contributed by atoms with Crippen molar-refractivity contribution in [2.75, 3.05) is 17.3 Å². The summed E-state index contributed by atoms with van der Waals surface area (Å²) in [6, 6.07) is 0.195. The lowest BCUT2D eigenvalue weighted by Gasteiger charge is -2.36. The topological polar surface area (TPSA) is 118 Å². The Morgan fingerprint density at radius 1 is 1.32 bits per heavy atom. The van der Waals surface area contributed by atoms with Gasteiger partial charge in [0.1, 0.15) is 0 Å². The van der Waals surface area contributed by atoms with Gasteiger partial charge in [0.2, 0.25) is 11.9 Å². The third kappa shape index (κ3) is 3.65. The van der Waals surface area contributed by atoms with Gasteiger partial charge in [-0.05, 0) is 33.1 Å². The molecule has 1 fully saturated rings. The fraction of sp³-hybridized carbons (Fsp3) is 0.727. The predicted octanol–water partition coefficient (Wildman–Crippen LogP) is 0.271. The number of hydrogen-bond acceptors (Lipinski definition) is 8. The zero-order valence-electron chi connectivity index (χ0n) is 11.2. The Labute approximate surface area is 111 Å². The Hall–Kier alpha value is -1.67. The Kier molecular flexibility index (Phi) is 4.01. The number of nitrogens with one attached hydrogen (secondary N) is 2. The van der Waals surface area contributed by atoms with Crippen molar-refractivity contribution < 1.29 is 9.84 Å². The maximum absolute atomic E-state index is 10.0. The van der Waals surface area contributed by atoms with Crippen molar-refractivity contribution in [3.8, 4) is 6.01 Å². The molecule has 1 saturated carbocycles. The molecule has 0 amide bonds. The van der Waals surface area contributed by atoms with Gasteiger partial charge in [-0.25, -0.2) is 5.84 Å². The van der Waals surface area contributed by atoms with Crippen LogP contribution in [0.15, 0.2) is 0 Å². The van der Waals surface area contributed by atoms with Gasteiger partial charge in [0, 0.05) is 6.54 Å². The highest BCUT2D eigenvalue weighted by atomic mass is 16.5. The molecule has 19 heavy (non-hydrogen) atoms. The minimum atomic E-state index is -0.651. The maximum Gasteiger partial charge on any atom is 0.323 e. The molecule has 1 aliphatic rings. The van der Waals surface area contributed by atoms with E-state index in [-0.39, 0.29) is 18.1 Å². The second-order valence-corrected chi connectivity index (χ2v) is 5.01. The van der Waals surface area contributed by atoms with E-state index in [0.717, 1.165) is 19.3 Å². The summed E-state index contributed by atoms with van der Waals surface area (Å²) in [5.74, 6) is 5.85. The number of hydrogen-bond donors (Lipinski definition) is 4. The van der Waals surface area contributed by atoms with Crippen LogP contribution in [0.2, 0.25) is 0 Å². The summed E-state index contributed by atoms with van der Waals surface area (Å²) < 4.78 is 5.41. The highest BCUT2D eigenvalue weighted by Gasteiger charge is 2.34. The summed E-state index contributed by atoms with van der Waals surface area (Å²) in [5.41, 5.74) is 1.71. The molecule has 0 aromatic carbocycles. The third-order valence-electron chi connectivity index (χ3n) is 2.94. The third-order valence-corrected chi connectivity index (χ3v) is 2.94. The number of nitrogens with two attached hydrogens (primary N) is 1. The molecule has 8 nitrogen and oxygen atoms in total. The molecule has 1 aliphatic carbocycles. The van der Waals surface area contributed by atoms with Gasteiger partial charge in [-0.15, -0.1) is 0 Å². The molecule has 0 spiro atoms. The molecule has 2 rings (SSSR count). The first kappa shape index (κ1) is 13.8. The molecule has 0 atom stereocenters. The van der Waals surface area contributed by atoms with E-state index >= 15 is 0 Å². The van der Waals surface area contributed by atoms with Crippen LogP contribution in [0.4, 0.5) is 11.9 Å². The van der Waals surface area contributed by atoms with Gasteiger partial charge in [-0.1, -0.05) is 0 Å². The predicted molar refractivity (Wildman–Crippen MR) is 70.7 cm³/mol. The quantitative estimate of drug-likeness (QED) is 0.429. The van der Waals surface area contributed by atoms with E-state index in [9.17, 15) is 5.11 Å². The van der Waals surface area contributed by atoms with Crippen molar-refractivity contribution in [2.24, 2.45) is 5.84 Å². The van der Waals surface area contributed by atoms with Crippen LogP contribution in [0.25, 0.3) is 0 Å². The number of nitrogens with zero attached hydrogens (tertiary/aromatic N) is 3. The van der Waals surface area contributed by atoms with Crippen molar-refractivity contribution in [2.45, 2.75) is 44.8 Å². The fourth-order valence-electron chi connectivity index (χ4n) is 1.77. The lowest BCUT2D eigenvalue weighted by molar-refractivity contribution is -0.0203. The van der Waals surface area contributed by atoms with E-state index in [1.807, 2.05) is 13.8 Å². The summed E-state index contributed by atoms with van der Waals surface area (Å²) in [6.45, 7) is 4.16. The molecular formula is C11H20N6O2. The molecule has 0 saturated heterocycles. The lowest BCUT2D eigenvalue weighted by atomic mass is 9.80. The van der Waals surface area contributed by atoms with E-state index < -0.39 is 5.60 Å². The van der Waals surface area contributed by atoms with Gasteiger partial charge in [0.15, 0.2) is 0 Å². The summed E-state index contributed by atoms with van der Waals surface area (Å²) in [5, 5.41) is 13.0. The molecule has 8 heteroatoms. The monoisotopic (exact) mass is 268 g/mol. The Morgan fingerprint density at radius 3 is 2.53 bits per heavy atom. The highest BCUT2D eigenvalue weighted by molar-refractivity contribution is 5.35. The number of rotatable bonds is 6. The SMILES string of the molecule is CC(C)Oc1nc(NN)nc(NCC2(O)CCC2)n1. The average molecular weight is 268 g/mol. The average Bonchev–Trinajstić information content (AvgIpc) is 2.33. The summed E-state index contributed by atoms with van der Waals surface area (Å²) in [4.78, 5) is 12.2. The van der Waals surface area contributed by atoms with Gasteiger partial charge in [0.05, 0.1) is 11.7 Å². The molecule has 0 bridgehead atoms. The first-order valence-corrected chi connectivity index (χ1v) is 6.36. The van der Waals surface area contributed by atoms with Gasteiger partial charge >= 0.3 is 6.01 Å². The largest absolute Gasteiger partial charge is 0.461 e. The van der Waals surface area contributed by atoms with Gasteiger partial charge in [0.25, 0.3) is 0 Å². The smallest absolute Gasteiger partial charge is 0.323 e. The zero-order valence-corrected chi connectivity index (χ0v) is 11.2.